The summed E-state index contributed by atoms with van der Waals surface area (Å²) in [6, 6.07) is 16.2. The molecule has 5 heteroatoms. The number of imidazole rings is 1. The second-order valence-corrected chi connectivity index (χ2v) is 6.44. The van der Waals surface area contributed by atoms with Gasteiger partial charge in [-0.15, -0.1) is 0 Å². The summed E-state index contributed by atoms with van der Waals surface area (Å²) in [6.07, 6.45) is 6.72. The Morgan fingerprint density at radius 1 is 1.12 bits per heavy atom. The molecule has 1 amide bonds. The molecule has 1 N–H and O–H groups in total. The topological polar surface area (TPSA) is 49.6 Å². The van der Waals surface area contributed by atoms with Crippen LogP contribution in [0, 0.1) is 0 Å². The number of piperazine rings is 1. The van der Waals surface area contributed by atoms with Crippen LogP contribution in [0.1, 0.15) is 18.4 Å². The van der Waals surface area contributed by atoms with Gasteiger partial charge in [-0.25, -0.2) is 4.98 Å². The van der Waals surface area contributed by atoms with Gasteiger partial charge in [-0.05, 0) is 37.0 Å². The highest BCUT2D eigenvalue weighted by atomic mass is 16.2. The Kier molecular flexibility index (Phi) is 4.48. The van der Waals surface area contributed by atoms with Crippen molar-refractivity contribution in [1.29, 1.82) is 0 Å². The molecule has 0 radical (unpaired) electrons. The van der Waals surface area contributed by atoms with Crippen molar-refractivity contribution in [2.45, 2.75) is 25.3 Å². The molecule has 1 aromatic carbocycles. The molecule has 1 atom stereocenters. The summed E-state index contributed by atoms with van der Waals surface area (Å²) in [5, 5.41) is 3.36. The number of amides is 1. The maximum atomic E-state index is 12.9. The number of fused-ring (bicyclic) bond motifs is 1. The van der Waals surface area contributed by atoms with Gasteiger partial charge in [-0.3, -0.25) is 9.69 Å². The number of carbonyl (C=O) groups excluding carboxylic acids is 1. The van der Waals surface area contributed by atoms with Crippen LogP contribution in [0.3, 0.4) is 0 Å². The van der Waals surface area contributed by atoms with E-state index in [9.17, 15) is 4.79 Å². The van der Waals surface area contributed by atoms with Crippen molar-refractivity contribution in [3.05, 3.63) is 66.5 Å². The predicted octanol–water partition coefficient (Wildman–Crippen LogP) is 2.66. The van der Waals surface area contributed by atoms with Gasteiger partial charge >= 0.3 is 0 Å². The van der Waals surface area contributed by atoms with Crippen molar-refractivity contribution in [2.24, 2.45) is 0 Å². The van der Waals surface area contributed by atoms with E-state index < -0.39 is 0 Å². The van der Waals surface area contributed by atoms with Crippen LogP contribution in [0.5, 0.6) is 0 Å². The third-order valence-corrected chi connectivity index (χ3v) is 4.72. The van der Waals surface area contributed by atoms with E-state index in [4.69, 9.17) is 0 Å². The molecule has 5 nitrogen and oxygen atoms in total. The Morgan fingerprint density at radius 3 is 2.80 bits per heavy atom. The summed E-state index contributed by atoms with van der Waals surface area (Å²) in [5.74, 6) is 0.869. The Bertz CT molecular complexity index is 825. The number of hydrogen-bond donors (Lipinski definition) is 1. The van der Waals surface area contributed by atoms with Crippen LogP contribution in [0.2, 0.25) is 0 Å². The standard InChI is InChI=1S/C20H22N4O/c25-20-17(10-6-9-16-7-2-1-3-8-16)21-12-14-24(20)19-15-23-13-5-4-11-18(23)22-19/h1-5,7-8,11,13,15,17,21H,6,9-10,12,14H2. The molecule has 0 bridgehead atoms. The smallest absolute Gasteiger partial charge is 0.245 e. The van der Waals surface area contributed by atoms with Crippen LogP contribution < -0.4 is 10.2 Å². The minimum atomic E-state index is -0.123. The summed E-state index contributed by atoms with van der Waals surface area (Å²) >= 11 is 0. The number of aromatic nitrogens is 2. The van der Waals surface area contributed by atoms with E-state index in [1.165, 1.54) is 5.56 Å². The van der Waals surface area contributed by atoms with Crippen molar-refractivity contribution in [2.75, 3.05) is 18.0 Å². The maximum Gasteiger partial charge on any atom is 0.245 e. The number of hydrogen-bond acceptors (Lipinski definition) is 3. The zero-order valence-corrected chi connectivity index (χ0v) is 14.1. The molecule has 0 saturated carbocycles. The summed E-state index contributed by atoms with van der Waals surface area (Å²) in [7, 11) is 0. The van der Waals surface area contributed by atoms with Crippen molar-refractivity contribution in [3.63, 3.8) is 0 Å². The van der Waals surface area contributed by atoms with Gasteiger partial charge in [0.1, 0.15) is 5.65 Å². The van der Waals surface area contributed by atoms with E-state index in [2.05, 4.69) is 34.6 Å². The monoisotopic (exact) mass is 334 g/mol. The fourth-order valence-electron chi connectivity index (χ4n) is 3.40. The zero-order valence-electron chi connectivity index (χ0n) is 14.1. The number of anilines is 1. The van der Waals surface area contributed by atoms with Crippen LogP contribution in [-0.4, -0.2) is 34.4 Å². The van der Waals surface area contributed by atoms with Gasteiger partial charge in [-0.2, -0.15) is 0 Å². The van der Waals surface area contributed by atoms with Gasteiger partial charge in [0.05, 0.1) is 12.2 Å². The van der Waals surface area contributed by atoms with Crippen molar-refractivity contribution >= 4 is 17.4 Å². The van der Waals surface area contributed by atoms with E-state index in [-0.39, 0.29) is 11.9 Å². The van der Waals surface area contributed by atoms with E-state index in [1.807, 2.05) is 46.0 Å². The largest absolute Gasteiger partial charge is 0.305 e. The predicted molar refractivity (Wildman–Crippen MR) is 98.7 cm³/mol. The van der Waals surface area contributed by atoms with Crippen molar-refractivity contribution in [3.8, 4) is 0 Å². The lowest BCUT2D eigenvalue weighted by atomic mass is 10.0. The molecule has 3 aromatic rings. The minimum Gasteiger partial charge on any atom is -0.305 e. The maximum absolute atomic E-state index is 12.9. The zero-order chi connectivity index (χ0) is 17.1. The lowest BCUT2D eigenvalue weighted by Crippen LogP contribution is -2.55. The molecule has 1 saturated heterocycles. The van der Waals surface area contributed by atoms with Gasteiger partial charge in [0.15, 0.2) is 5.82 Å². The van der Waals surface area contributed by atoms with Crippen LogP contribution >= 0.6 is 0 Å². The Balaban J connectivity index is 1.42. The minimum absolute atomic E-state index is 0.123. The number of benzene rings is 1. The average molecular weight is 334 g/mol. The summed E-state index contributed by atoms with van der Waals surface area (Å²) in [5.41, 5.74) is 2.19. The highest BCUT2D eigenvalue weighted by molar-refractivity contribution is 5.97. The average Bonchev–Trinajstić information content (AvgIpc) is 3.08. The quantitative estimate of drug-likeness (QED) is 0.780. The van der Waals surface area contributed by atoms with Crippen LogP contribution in [-0.2, 0) is 11.2 Å². The molecule has 2 aromatic heterocycles. The molecule has 0 spiro atoms. The lowest BCUT2D eigenvalue weighted by Gasteiger charge is -2.31. The first kappa shape index (κ1) is 15.8. The molecule has 1 aliphatic rings. The van der Waals surface area contributed by atoms with Crippen LogP contribution in [0.4, 0.5) is 5.82 Å². The molecule has 25 heavy (non-hydrogen) atoms. The van der Waals surface area contributed by atoms with E-state index in [0.717, 1.165) is 37.3 Å². The fraction of sp³-hybridized carbons (Fsp3) is 0.300. The first-order valence-electron chi connectivity index (χ1n) is 8.84. The molecule has 1 unspecified atom stereocenters. The number of carbonyl (C=O) groups is 1. The summed E-state index contributed by atoms with van der Waals surface area (Å²) in [4.78, 5) is 19.3. The highest BCUT2D eigenvalue weighted by Crippen LogP contribution is 2.19. The molecule has 128 valence electrons. The number of rotatable bonds is 5. The van der Waals surface area contributed by atoms with Gasteiger partial charge in [0.2, 0.25) is 5.91 Å². The molecule has 3 heterocycles. The number of aryl methyl sites for hydroxylation is 1. The molecule has 1 fully saturated rings. The first-order chi connectivity index (χ1) is 12.3. The normalized spacial score (nSPS) is 18.0. The molecular weight excluding hydrogens is 312 g/mol. The van der Waals surface area contributed by atoms with Crippen molar-refractivity contribution in [1.82, 2.24) is 14.7 Å². The molecule has 1 aliphatic heterocycles. The second-order valence-electron chi connectivity index (χ2n) is 6.44. The van der Waals surface area contributed by atoms with E-state index in [1.54, 1.807) is 0 Å². The fourth-order valence-corrected chi connectivity index (χ4v) is 3.40. The third-order valence-electron chi connectivity index (χ3n) is 4.72. The number of pyridine rings is 1. The van der Waals surface area contributed by atoms with Gasteiger partial charge in [0.25, 0.3) is 0 Å². The third kappa shape index (κ3) is 3.42. The van der Waals surface area contributed by atoms with E-state index in [0.29, 0.717) is 6.54 Å². The van der Waals surface area contributed by atoms with E-state index >= 15 is 0 Å². The summed E-state index contributed by atoms with van der Waals surface area (Å²) in [6.45, 7) is 1.47. The highest BCUT2D eigenvalue weighted by Gasteiger charge is 2.30. The SMILES string of the molecule is O=C1C(CCCc2ccccc2)NCCN1c1cn2ccccc2n1. The molecule has 0 aliphatic carbocycles. The second kappa shape index (κ2) is 7.07. The van der Waals surface area contributed by atoms with Crippen molar-refractivity contribution < 1.29 is 4.79 Å². The molecular formula is C20H22N4O. The Labute approximate surface area is 147 Å². The van der Waals surface area contributed by atoms with Gasteiger partial charge in [0, 0.05) is 19.3 Å². The van der Waals surface area contributed by atoms with Crippen LogP contribution in [0.25, 0.3) is 5.65 Å². The summed E-state index contributed by atoms with van der Waals surface area (Å²) < 4.78 is 1.95. The van der Waals surface area contributed by atoms with Gasteiger partial charge < -0.3 is 9.72 Å². The van der Waals surface area contributed by atoms with Gasteiger partial charge in [-0.1, -0.05) is 36.4 Å². The lowest BCUT2D eigenvalue weighted by molar-refractivity contribution is -0.121. The van der Waals surface area contributed by atoms with Crippen LogP contribution in [0.15, 0.2) is 60.9 Å². The number of nitrogens with one attached hydrogen (secondary N) is 1. The Hall–Kier alpha value is -2.66. The first-order valence-corrected chi connectivity index (χ1v) is 8.84. The number of nitrogens with zero attached hydrogens (tertiary/aromatic N) is 3. The Morgan fingerprint density at radius 2 is 1.96 bits per heavy atom. The molecule has 4 rings (SSSR count).